The lowest BCUT2D eigenvalue weighted by atomic mass is 10.0. The third-order valence-corrected chi connectivity index (χ3v) is 9.76. The van der Waals surface area contributed by atoms with E-state index >= 15 is 0 Å². The molecule has 7 nitrogen and oxygen atoms in total. The SMILES string of the molecule is C[n+]1ccc(C2=c3ccc([nH]3)=C(c3ccccc3)c3ccc([nH]3)C(c3cc[n+](C)cc3)=c3ccc([nH]3)=C(c3cc[n+](C)cc3)c3ccc2[nH]3)cc1. The van der Waals surface area contributed by atoms with Crippen molar-refractivity contribution in [1.29, 1.82) is 0 Å². The highest BCUT2D eigenvalue weighted by atomic mass is 14.9. The Bertz CT molecular complexity index is 2790. The zero-order chi connectivity index (χ0) is 34.5. The Hall–Kier alpha value is -6.73. The van der Waals surface area contributed by atoms with Gasteiger partial charge in [0.15, 0.2) is 37.2 Å². The summed E-state index contributed by atoms with van der Waals surface area (Å²) >= 11 is 0. The van der Waals surface area contributed by atoms with Gasteiger partial charge in [0.25, 0.3) is 0 Å². The van der Waals surface area contributed by atoms with Crippen LogP contribution in [0.1, 0.15) is 45.0 Å². The van der Waals surface area contributed by atoms with Crippen molar-refractivity contribution in [2.24, 2.45) is 21.1 Å². The maximum atomic E-state index is 3.86. The second kappa shape index (κ2) is 12.3. The normalized spacial score (nSPS) is 12.8. The highest BCUT2D eigenvalue weighted by Gasteiger charge is 2.19. The summed E-state index contributed by atoms with van der Waals surface area (Å²) < 4.78 is 6.19. The molecule has 0 spiro atoms. The molecule has 0 aliphatic carbocycles. The Kier molecular flexibility index (Phi) is 7.32. The van der Waals surface area contributed by atoms with Crippen LogP contribution in [0.4, 0.5) is 0 Å². The van der Waals surface area contributed by atoms with Crippen molar-refractivity contribution in [3.05, 3.63) is 219 Å². The number of hydrogen-bond donors (Lipinski definition) is 4. The molecule has 0 radical (unpaired) electrons. The summed E-state index contributed by atoms with van der Waals surface area (Å²) in [5.41, 5.74) is 13.0. The fourth-order valence-electron chi connectivity index (χ4n) is 7.18. The number of pyridine rings is 3. The second-order valence-corrected chi connectivity index (χ2v) is 13.3. The van der Waals surface area contributed by atoms with Crippen molar-refractivity contribution in [3.8, 4) is 0 Å². The van der Waals surface area contributed by atoms with Gasteiger partial charge in [-0.05, 0) is 70.8 Å². The number of H-pyrrole nitrogens is 4. The number of aromatic amines is 4. The van der Waals surface area contributed by atoms with Crippen molar-refractivity contribution in [3.63, 3.8) is 0 Å². The number of rotatable bonds is 4. The molecule has 7 heteroatoms. The number of aromatic nitrogens is 7. The molecule has 8 aromatic rings. The molecule has 0 amide bonds. The molecule has 1 aromatic carbocycles. The monoisotopic (exact) mass is 664 g/mol. The Morgan fingerprint density at radius 1 is 0.294 bits per heavy atom. The zero-order valence-corrected chi connectivity index (χ0v) is 28.8. The molecular formula is C44H38N7+3. The van der Waals surface area contributed by atoms with Gasteiger partial charge in [0, 0.05) is 103 Å². The van der Waals surface area contributed by atoms with Crippen molar-refractivity contribution in [1.82, 2.24) is 19.9 Å². The van der Waals surface area contributed by atoms with Gasteiger partial charge in [-0.15, -0.1) is 0 Å². The summed E-state index contributed by atoms with van der Waals surface area (Å²) in [6.07, 6.45) is 12.6. The first-order chi connectivity index (χ1) is 25.0. The molecular weight excluding hydrogens is 627 g/mol. The molecule has 8 heterocycles. The highest BCUT2D eigenvalue weighted by Crippen LogP contribution is 2.27. The molecule has 0 fully saturated rings. The fourth-order valence-corrected chi connectivity index (χ4v) is 7.18. The van der Waals surface area contributed by atoms with E-state index in [9.17, 15) is 0 Å². The number of benzene rings is 1. The number of nitrogens with zero attached hydrogens (tertiary/aromatic N) is 3. The summed E-state index contributed by atoms with van der Waals surface area (Å²) in [4.78, 5) is 15.4. The molecule has 7 aromatic heterocycles. The van der Waals surface area contributed by atoms with E-state index in [2.05, 4.69) is 186 Å². The summed E-state index contributed by atoms with van der Waals surface area (Å²) in [6.45, 7) is 0. The van der Waals surface area contributed by atoms with E-state index in [-0.39, 0.29) is 0 Å². The van der Waals surface area contributed by atoms with Crippen molar-refractivity contribution in [2.75, 3.05) is 0 Å². The smallest absolute Gasteiger partial charge is 0.169 e. The summed E-state index contributed by atoms with van der Waals surface area (Å²) in [5.74, 6) is 0. The Labute approximate surface area is 295 Å². The number of nitrogens with one attached hydrogen (secondary N) is 4. The Morgan fingerprint density at radius 3 is 0.863 bits per heavy atom. The first-order valence-corrected chi connectivity index (χ1v) is 17.2. The van der Waals surface area contributed by atoms with E-state index < -0.39 is 0 Å². The lowest BCUT2D eigenvalue weighted by Gasteiger charge is -2.09. The van der Waals surface area contributed by atoms with Crippen LogP contribution in [0.2, 0.25) is 0 Å². The summed E-state index contributed by atoms with van der Waals surface area (Å²) in [7, 11) is 6.14. The topological polar surface area (TPSA) is 74.8 Å². The maximum absolute atomic E-state index is 3.86. The molecule has 9 rings (SSSR count). The van der Waals surface area contributed by atoms with Crippen LogP contribution in [0.5, 0.6) is 0 Å². The predicted molar refractivity (Wildman–Crippen MR) is 197 cm³/mol. The van der Waals surface area contributed by atoms with Crippen LogP contribution in [0, 0.1) is 0 Å². The number of hydrogen-bond acceptors (Lipinski definition) is 0. The van der Waals surface area contributed by atoms with E-state index in [1.165, 1.54) is 0 Å². The van der Waals surface area contributed by atoms with Crippen LogP contribution in [-0.2, 0) is 21.1 Å². The van der Waals surface area contributed by atoms with Gasteiger partial charge >= 0.3 is 0 Å². The van der Waals surface area contributed by atoms with E-state index in [4.69, 9.17) is 0 Å². The summed E-state index contributed by atoms with van der Waals surface area (Å²) in [6, 6.07) is 41.2. The maximum Gasteiger partial charge on any atom is 0.169 e. The van der Waals surface area contributed by atoms with E-state index in [0.717, 1.165) is 88.7 Å². The minimum Gasteiger partial charge on any atom is -0.354 e. The molecule has 51 heavy (non-hydrogen) atoms. The minimum atomic E-state index is 1.03. The largest absolute Gasteiger partial charge is 0.354 e. The Morgan fingerprint density at radius 2 is 0.569 bits per heavy atom. The van der Waals surface area contributed by atoms with Gasteiger partial charge in [0.2, 0.25) is 0 Å². The second-order valence-electron chi connectivity index (χ2n) is 13.3. The van der Waals surface area contributed by atoms with Gasteiger partial charge < -0.3 is 19.9 Å². The molecule has 1 aliphatic rings. The molecule has 1 aliphatic heterocycles. The third kappa shape index (κ3) is 5.55. The lowest BCUT2D eigenvalue weighted by molar-refractivity contribution is -0.671. The average Bonchev–Trinajstić information content (AvgIpc) is 3.99. The van der Waals surface area contributed by atoms with Gasteiger partial charge in [-0.25, -0.2) is 13.7 Å². The molecule has 0 saturated carbocycles. The summed E-state index contributed by atoms with van der Waals surface area (Å²) in [5, 5.41) is 4.11. The third-order valence-electron chi connectivity index (χ3n) is 9.76. The molecule has 4 N–H and O–H groups in total. The molecule has 246 valence electrons. The fraction of sp³-hybridized carbons (Fsp3) is 0.0682. The Balaban J connectivity index is 1.43. The van der Waals surface area contributed by atoms with Crippen LogP contribution in [-0.4, -0.2) is 19.9 Å². The predicted octanol–water partition coefficient (Wildman–Crippen LogP) is 2.78. The van der Waals surface area contributed by atoms with Crippen molar-refractivity contribution >= 4 is 22.3 Å². The highest BCUT2D eigenvalue weighted by molar-refractivity contribution is 5.84. The number of fused-ring (bicyclic) bond motifs is 8. The molecule has 8 bridgehead atoms. The van der Waals surface area contributed by atoms with Crippen molar-refractivity contribution in [2.45, 2.75) is 0 Å². The van der Waals surface area contributed by atoms with Crippen LogP contribution in [0.3, 0.4) is 0 Å². The average molecular weight is 665 g/mol. The van der Waals surface area contributed by atoms with Crippen LogP contribution in [0.25, 0.3) is 22.3 Å². The lowest BCUT2D eigenvalue weighted by Crippen LogP contribution is -2.26. The standard InChI is InChI=1S/C44H36N7/c1-49-23-17-30(18-24-49)42-35-11-9-33(45-35)41(29-7-5-4-6-8-29)34-10-12-36(46-34)43(31-19-25-50(2)26-20-31)38-14-16-40(48-38)44(39-15-13-37(42)47-39)32-21-27-51(3)28-22-32/h4-28H,1-3H3,(H2,45,46,47,48)/q+1/p+2. The minimum absolute atomic E-state index is 1.03. The van der Waals surface area contributed by atoms with Crippen LogP contribution < -0.4 is 35.1 Å². The first-order valence-electron chi connectivity index (χ1n) is 17.2. The van der Waals surface area contributed by atoms with Gasteiger partial charge in [0.1, 0.15) is 21.1 Å². The van der Waals surface area contributed by atoms with E-state index in [1.54, 1.807) is 0 Å². The van der Waals surface area contributed by atoms with Crippen LogP contribution in [0.15, 0.2) is 152 Å². The van der Waals surface area contributed by atoms with Crippen molar-refractivity contribution < 1.29 is 13.7 Å². The number of aryl methyl sites for hydroxylation is 3. The first kappa shape index (κ1) is 30.3. The van der Waals surface area contributed by atoms with E-state index in [0.29, 0.717) is 0 Å². The zero-order valence-electron chi connectivity index (χ0n) is 28.8. The molecule has 0 unspecified atom stereocenters. The molecule has 0 atom stereocenters. The quantitative estimate of drug-likeness (QED) is 0.209. The van der Waals surface area contributed by atoms with Gasteiger partial charge in [0.05, 0.1) is 0 Å². The van der Waals surface area contributed by atoms with Crippen LogP contribution >= 0.6 is 0 Å². The van der Waals surface area contributed by atoms with Gasteiger partial charge in [-0.3, -0.25) is 0 Å². The van der Waals surface area contributed by atoms with Gasteiger partial charge in [-0.2, -0.15) is 0 Å². The van der Waals surface area contributed by atoms with E-state index in [1.807, 2.05) is 21.1 Å². The molecule has 0 saturated heterocycles. The van der Waals surface area contributed by atoms with Gasteiger partial charge in [-0.1, -0.05) is 30.3 Å².